The van der Waals surface area contributed by atoms with Crippen molar-refractivity contribution in [3.63, 3.8) is 0 Å². The van der Waals surface area contributed by atoms with Gasteiger partial charge in [0.2, 0.25) is 0 Å². The maximum absolute atomic E-state index is 11.6. The van der Waals surface area contributed by atoms with E-state index in [9.17, 15) is 5.11 Å². The highest BCUT2D eigenvalue weighted by Crippen LogP contribution is 2.37. The maximum Gasteiger partial charge on any atom is 0.192 e. The Balaban J connectivity index is 2.36. The zero-order valence-electron chi connectivity index (χ0n) is 23.6. The number of aliphatic hydroxyl groups excluding tert-OH is 1. The molecule has 0 aromatic heterocycles. The van der Waals surface area contributed by atoms with Gasteiger partial charge in [-0.3, -0.25) is 0 Å². The molecule has 0 aliphatic carbocycles. The topological polar surface area (TPSA) is 66.4 Å². The third-order valence-corrected chi connectivity index (χ3v) is 11.3. The quantitative estimate of drug-likeness (QED) is 0.161. The van der Waals surface area contributed by atoms with E-state index in [0.29, 0.717) is 19.8 Å². The molecule has 0 amide bonds. The second kappa shape index (κ2) is 15.5. The van der Waals surface area contributed by atoms with E-state index in [4.69, 9.17) is 23.4 Å². The largest absolute Gasteiger partial charge is 0.414 e. The van der Waals surface area contributed by atoms with Gasteiger partial charge in [0.05, 0.1) is 19.8 Å². The fraction of sp³-hybridized carbons (Fsp3) is 0.533. The number of hydrogen-bond acceptors (Lipinski definition) is 6. The van der Waals surface area contributed by atoms with Crippen LogP contribution in [0.15, 0.2) is 72.8 Å². The van der Waals surface area contributed by atoms with E-state index in [1.54, 1.807) is 7.11 Å². The molecule has 2 aromatic carbocycles. The second-order valence-electron chi connectivity index (χ2n) is 10.7. The Hall–Kier alpha value is -1.84. The maximum atomic E-state index is 11.6. The summed E-state index contributed by atoms with van der Waals surface area (Å²) in [5, 5.41) is 11.6. The summed E-state index contributed by atoms with van der Waals surface area (Å²) >= 11 is 0. The SMILES string of the molecule is C/C=C/[C@@H](OCOC)[C@H](O)[C@@H](OCc1ccccc1)[C@H](CO[Si](C)(C)C(C)(C)C)OCc1ccccc1. The van der Waals surface area contributed by atoms with Crippen LogP contribution in [0.5, 0.6) is 0 Å². The van der Waals surface area contributed by atoms with Gasteiger partial charge in [-0.05, 0) is 36.2 Å². The molecule has 206 valence electrons. The van der Waals surface area contributed by atoms with Crippen molar-refractivity contribution < 1.29 is 28.5 Å². The molecular formula is C30H46O6Si. The van der Waals surface area contributed by atoms with Crippen molar-refractivity contribution >= 4 is 8.32 Å². The average Bonchev–Trinajstić information content (AvgIpc) is 2.88. The monoisotopic (exact) mass is 530 g/mol. The minimum Gasteiger partial charge on any atom is -0.414 e. The van der Waals surface area contributed by atoms with Crippen LogP contribution in [0, 0.1) is 0 Å². The zero-order chi connectivity index (χ0) is 27.3. The Kier molecular flexibility index (Phi) is 13.2. The van der Waals surface area contributed by atoms with E-state index in [1.165, 1.54) is 0 Å². The molecule has 0 fully saturated rings. The molecule has 7 heteroatoms. The van der Waals surface area contributed by atoms with Gasteiger partial charge >= 0.3 is 0 Å². The molecule has 37 heavy (non-hydrogen) atoms. The number of benzene rings is 2. The summed E-state index contributed by atoms with van der Waals surface area (Å²) in [6.45, 7) is 14.0. The summed E-state index contributed by atoms with van der Waals surface area (Å²) in [6, 6.07) is 19.9. The van der Waals surface area contributed by atoms with Crippen LogP contribution in [0.4, 0.5) is 0 Å². The first kappa shape index (κ1) is 31.4. The van der Waals surface area contributed by atoms with Gasteiger partial charge < -0.3 is 28.5 Å². The molecule has 0 bridgehead atoms. The Bertz CT molecular complexity index is 897. The molecule has 0 saturated carbocycles. The Morgan fingerprint density at radius 1 is 0.865 bits per heavy atom. The molecular weight excluding hydrogens is 484 g/mol. The number of hydrogen-bond donors (Lipinski definition) is 1. The van der Waals surface area contributed by atoms with Gasteiger partial charge in [0.1, 0.15) is 31.2 Å². The van der Waals surface area contributed by atoms with Crippen LogP contribution < -0.4 is 0 Å². The number of rotatable bonds is 16. The molecule has 6 nitrogen and oxygen atoms in total. The summed E-state index contributed by atoms with van der Waals surface area (Å²) in [4.78, 5) is 0. The first-order valence-corrected chi connectivity index (χ1v) is 15.9. The van der Waals surface area contributed by atoms with Crippen molar-refractivity contribution in [2.75, 3.05) is 20.5 Å². The van der Waals surface area contributed by atoms with Crippen LogP contribution in [0.2, 0.25) is 18.1 Å². The molecule has 0 saturated heterocycles. The average molecular weight is 531 g/mol. The smallest absolute Gasteiger partial charge is 0.192 e. The van der Waals surface area contributed by atoms with Crippen LogP contribution in [-0.4, -0.2) is 58.3 Å². The van der Waals surface area contributed by atoms with Crippen molar-refractivity contribution in [1.82, 2.24) is 0 Å². The van der Waals surface area contributed by atoms with E-state index < -0.39 is 32.7 Å². The number of ether oxygens (including phenoxy) is 4. The van der Waals surface area contributed by atoms with Crippen LogP contribution in [0.25, 0.3) is 0 Å². The highest BCUT2D eigenvalue weighted by molar-refractivity contribution is 6.74. The lowest BCUT2D eigenvalue weighted by molar-refractivity contribution is -0.178. The van der Waals surface area contributed by atoms with Gasteiger partial charge in [-0.15, -0.1) is 0 Å². The van der Waals surface area contributed by atoms with Gasteiger partial charge in [-0.25, -0.2) is 0 Å². The molecule has 0 unspecified atom stereocenters. The molecule has 0 spiro atoms. The van der Waals surface area contributed by atoms with Crippen molar-refractivity contribution in [1.29, 1.82) is 0 Å². The minimum atomic E-state index is -2.09. The molecule has 0 heterocycles. The van der Waals surface area contributed by atoms with Gasteiger partial charge in [-0.2, -0.15) is 0 Å². The van der Waals surface area contributed by atoms with Gasteiger partial charge in [-0.1, -0.05) is 93.6 Å². The predicted octanol–water partition coefficient (Wildman–Crippen LogP) is 6.11. The van der Waals surface area contributed by atoms with Crippen LogP contribution in [-0.2, 0) is 36.6 Å². The van der Waals surface area contributed by atoms with Gasteiger partial charge in [0.15, 0.2) is 8.32 Å². The lowest BCUT2D eigenvalue weighted by Crippen LogP contribution is -2.51. The molecule has 0 radical (unpaired) electrons. The van der Waals surface area contributed by atoms with Crippen molar-refractivity contribution in [3.8, 4) is 0 Å². The predicted molar refractivity (Wildman–Crippen MR) is 151 cm³/mol. The summed E-state index contributed by atoms with van der Waals surface area (Å²) in [5.41, 5.74) is 2.05. The van der Waals surface area contributed by atoms with Crippen LogP contribution >= 0.6 is 0 Å². The number of methoxy groups -OCH3 is 1. The van der Waals surface area contributed by atoms with E-state index in [1.807, 2.05) is 79.7 Å². The minimum absolute atomic E-state index is 0.0328. The molecule has 1 N–H and O–H groups in total. The van der Waals surface area contributed by atoms with Crippen LogP contribution in [0.1, 0.15) is 38.8 Å². The lowest BCUT2D eigenvalue weighted by Gasteiger charge is -2.39. The van der Waals surface area contributed by atoms with Gasteiger partial charge in [0, 0.05) is 7.11 Å². The molecule has 0 aliphatic rings. The molecule has 2 rings (SSSR count). The highest BCUT2D eigenvalue weighted by Gasteiger charge is 2.41. The summed E-state index contributed by atoms with van der Waals surface area (Å²) < 4.78 is 30.4. The molecule has 2 aromatic rings. The van der Waals surface area contributed by atoms with Crippen molar-refractivity contribution in [2.45, 2.75) is 83.5 Å². The fourth-order valence-corrected chi connectivity index (χ4v) is 4.52. The zero-order valence-corrected chi connectivity index (χ0v) is 24.6. The Morgan fingerprint density at radius 3 is 1.89 bits per heavy atom. The summed E-state index contributed by atoms with van der Waals surface area (Å²) in [7, 11) is -0.532. The highest BCUT2D eigenvalue weighted by atomic mass is 28.4. The van der Waals surface area contributed by atoms with Crippen molar-refractivity contribution in [2.24, 2.45) is 0 Å². The Morgan fingerprint density at radius 2 is 1.41 bits per heavy atom. The lowest BCUT2D eigenvalue weighted by atomic mass is 10.0. The fourth-order valence-electron chi connectivity index (χ4n) is 3.51. The Labute approximate surface area is 224 Å². The first-order valence-electron chi connectivity index (χ1n) is 13.0. The summed E-state index contributed by atoms with van der Waals surface area (Å²) in [6.07, 6.45) is 0.758. The standard InChI is InChI=1S/C30H46O6Si/c1-8-15-26(35-23-32-5)28(31)29(34-21-25-18-13-10-14-19-25)27(22-36-37(6,7)30(2,3)4)33-20-24-16-11-9-12-17-24/h8-19,26-29,31H,20-23H2,1-7H3/b15-8+/t26-,27+,28+,29+/m1/s1. The van der Waals surface area contributed by atoms with Crippen molar-refractivity contribution in [3.05, 3.63) is 83.9 Å². The summed E-state index contributed by atoms with van der Waals surface area (Å²) in [5.74, 6) is 0. The van der Waals surface area contributed by atoms with E-state index in [2.05, 4.69) is 33.9 Å². The number of aliphatic hydroxyl groups is 1. The number of allylic oxidation sites excluding steroid dienone is 1. The van der Waals surface area contributed by atoms with E-state index >= 15 is 0 Å². The van der Waals surface area contributed by atoms with E-state index in [-0.39, 0.29) is 11.8 Å². The normalized spacial score (nSPS) is 16.0. The first-order chi connectivity index (χ1) is 17.6. The second-order valence-corrected chi connectivity index (χ2v) is 15.5. The van der Waals surface area contributed by atoms with Crippen LogP contribution in [0.3, 0.4) is 0 Å². The third-order valence-electron chi connectivity index (χ3n) is 6.81. The third kappa shape index (κ3) is 10.4. The molecule has 4 atom stereocenters. The van der Waals surface area contributed by atoms with E-state index in [0.717, 1.165) is 11.1 Å². The van der Waals surface area contributed by atoms with Gasteiger partial charge in [0.25, 0.3) is 0 Å². The molecule has 0 aliphatic heterocycles.